The van der Waals surface area contributed by atoms with Crippen LogP contribution in [-0.4, -0.2) is 24.3 Å². The van der Waals surface area contributed by atoms with Gasteiger partial charge >= 0.3 is 0 Å². The first-order valence-electron chi connectivity index (χ1n) is 7.45. The molecule has 0 radical (unpaired) electrons. The van der Waals surface area contributed by atoms with Crippen molar-refractivity contribution in [3.05, 3.63) is 35.9 Å². The molecule has 0 amide bonds. The lowest BCUT2D eigenvalue weighted by Crippen LogP contribution is -2.24. The maximum atomic E-state index is 9.57. The van der Waals surface area contributed by atoms with Gasteiger partial charge in [-0.05, 0) is 44.2 Å². The van der Waals surface area contributed by atoms with Crippen LogP contribution in [0.4, 0.5) is 0 Å². The fraction of sp³-hybridized carbons (Fsp3) is 0.588. The number of hydrogen-bond donors (Lipinski definition) is 0. The van der Waals surface area contributed by atoms with Crippen molar-refractivity contribution in [2.45, 2.75) is 39.2 Å². The molecule has 1 saturated heterocycles. The third-order valence-corrected chi connectivity index (χ3v) is 4.10. The summed E-state index contributed by atoms with van der Waals surface area (Å²) in [6.45, 7) is 7.18. The van der Waals surface area contributed by atoms with E-state index in [0.717, 1.165) is 25.0 Å². The highest BCUT2D eigenvalue weighted by Gasteiger charge is 2.23. The smallest absolute Gasteiger partial charge is 0.123 e. The Kier molecular flexibility index (Phi) is 5.15. The molecule has 3 rings (SSSR count). The van der Waals surface area contributed by atoms with E-state index < -0.39 is 0 Å². The van der Waals surface area contributed by atoms with Crippen LogP contribution in [0.15, 0.2) is 30.3 Å². The lowest BCUT2D eigenvalue weighted by atomic mass is 10.1. The van der Waals surface area contributed by atoms with Gasteiger partial charge in [0.05, 0.1) is 0 Å². The number of carbonyl (C=O) groups is 1. The Hall–Kier alpha value is -1.15. The lowest BCUT2D eigenvalue weighted by Gasteiger charge is -2.24. The molecule has 2 atom stereocenters. The predicted octanol–water partition coefficient (Wildman–Crippen LogP) is 3.68. The SMILES string of the molecule is CC1CCN([C@H](C)c2ccccc2)C1.O=CC1CC1. The van der Waals surface area contributed by atoms with Gasteiger partial charge in [0.25, 0.3) is 0 Å². The molecule has 0 N–H and O–H groups in total. The van der Waals surface area contributed by atoms with Gasteiger partial charge in [0.1, 0.15) is 6.29 Å². The lowest BCUT2D eigenvalue weighted by molar-refractivity contribution is -0.108. The first-order chi connectivity index (χ1) is 9.20. The van der Waals surface area contributed by atoms with Crippen molar-refractivity contribution in [2.75, 3.05) is 13.1 Å². The van der Waals surface area contributed by atoms with Gasteiger partial charge in [-0.25, -0.2) is 0 Å². The molecule has 19 heavy (non-hydrogen) atoms. The van der Waals surface area contributed by atoms with Gasteiger partial charge in [-0.3, -0.25) is 4.90 Å². The average molecular weight is 259 g/mol. The third-order valence-electron chi connectivity index (χ3n) is 4.10. The molecule has 0 bridgehead atoms. The standard InChI is InChI=1S/C13H19N.C4H6O/c1-11-8-9-14(10-11)12(2)13-6-4-3-5-7-13;5-3-4-1-2-4/h3-7,11-12H,8-10H2,1-2H3;3-4H,1-2H2/t11?,12-;/m1./s1. The van der Waals surface area contributed by atoms with Crippen molar-refractivity contribution in [1.29, 1.82) is 0 Å². The highest BCUT2D eigenvalue weighted by Crippen LogP contribution is 2.26. The van der Waals surface area contributed by atoms with E-state index in [-0.39, 0.29) is 0 Å². The molecule has 2 aliphatic rings. The fourth-order valence-electron chi connectivity index (χ4n) is 2.50. The second-order valence-corrected chi connectivity index (χ2v) is 5.95. The Balaban J connectivity index is 0.000000224. The Morgan fingerprint density at radius 3 is 2.32 bits per heavy atom. The summed E-state index contributed by atoms with van der Waals surface area (Å²) in [4.78, 5) is 12.2. The minimum absolute atomic E-state index is 0.454. The second-order valence-electron chi connectivity index (χ2n) is 5.95. The minimum Gasteiger partial charge on any atom is -0.303 e. The Morgan fingerprint density at radius 2 is 1.89 bits per heavy atom. The third kappa shape index (κ3) is 4.46. The number of rotatable bonds is 3. The van der Waals surface area contributed by atoms with Crippen LogP contribution in [0.3, 0.4) is 0 Å². The van der Waals surface area contributed by atoms with Crippen LogP contribution in [0.25, 0.3) is 0 Å². The molecular formula is C17H25NO. The molecule has 2 nitrogen and oxygen atoms in total. The summed E-state index contributed by atoms with van der Waals surface area (Å²) < 4.78 is 0. The molecule has 1 unspecified atom stereocenters. The number of benzene rings is 1. The van der Waals surface area contributed by atoms with Crippen LogP contribution in [0.1, 0.15) is 44.7 Å². The molecule has 0 spiro atoms. The van der Waals surface area contributed by atoms with Gasteiger partial charge in [-0.2, -0.15) is 0 Å². The van der Waals surface area contributed by atoms with Gasteiger partial charge in [0.2, 0.25) is 0 Å². The van der Waals surface area contributed by atoms with Crippen LogP contribution in [0.2, 0.25) is 0 Å². The number of likely N-dealkylation sites (tertiary alicyclic amines) is 1. The summed E-state index contributed by atoms with van der Waals surface area (Å²) in [5.41, 5.74) is 1.45. The van der Waals surface area contributed by atoms with Gasteiger partial charge in [0, 0.05) is 18.5 Å². The summed E-state index contributed by atoms with van der Waals surface area (Å²) in [6.07, 6.45) is 4.67. The molecule has 1 aromatic rings. The molecule has 2 fully saturated rings. The topological polar surface area (TPSA) is 20.3 Å². The van der Waals surface area contributed by atoms with E-state index in [2.05, 4.69) is 49.1 Å². The van der Waals surface area contributed by atoms with Crippen LogP contribution in [0, 0.1) is 11.8 Å². The number of carbonyl (C=O) groups excluding carboxylic acids is 1. The molecule has 104 valence electrons. The molecule has 2 heteroatoms. The monoisotopic (exact) mass is 259 g/mol. The van der Waals surface area contributed by atoms with Crippen LogP contribution in [-0.2, 0) is 4.79 Å². The minimum atomic E-state index is 0.454. The van der Waals surface area contributed by atoms with E-state index in [1.54, 1.807) is 0 Å². The van der Waals surface area contributed by atoms with Crippen molar-refractivity contribution < 1.29 is 4.79 Å². The van der Waals surface area contributed by atoms with E-state index in [4.69, 9.17) is 0 Å². The molecular weight excluding hydrogens is 234 g/mol. The summed E-state index contributed by atoms with van der Waals surface area (Å²) in [6, 6.07) is 11.4. The molecule has 0 aromatic heterocycles. The molecule has 1 aromatic carbocycles. The average Bonchev–Trinajstić information content (AvgIpc) is 3.21. The van der Waals surface area contributed by atoms with Crippen molar-refractivity contribution in [3.63, 3.8) is 0 Å². The number of hydrogen-bond acceptors (Lipinski definition) is 2. The van der Waals surface area contributed by atoms with Crippen molar-refractivity contribution in [3.8, 4) is 0 Å². The zero-order chi connectivity index (χ0) is 13.7. The van der Waals surface area contributed by atoms with Gasteiger partial charge < -0.3 is 4.79 Å². The number of nitrogens with zero attached hydrogens (tertiary/aromatic N) is 1. The first-order valence-corrected chi connectivity index (χ1v) is 7.45. The summed E-state index contributed by atoms with van der Waals surface area (Å²) >= 11 is 0. The van der Waals surface area contributed by atoms with E-state index in [1.165, 1.54) is 25.1 Å². The molecule has 1 heterocycles. The van der Waals surface area contributed by atoms with Gasteiger partial charge in [-0.15, -0.1) is 0 Å². The van der Waals surface area contributed by atoms with Crippen molar-refractivity contribution in [1.82, 2.24) is 4.90 Å². The predicted molar refractivity (Wildman–Crippen MR) is 79.0 cm³/mol. The van der Waals surface area contributed by atoms with Crippen LogP contribution < -0.4 is 0 Å². The van der Waals surface area contributed by atoms with Crippen molar-refractivity contribution >= 4 is 6.29 Å². The van der Waals surface area contributed by atoms with Gasteiger partial charge in [-0.1, -0.05) is 37.3 Å². The maximum absolute atomic E-state index is 9.57. The highest BCUT2D eigenvalue weighted by molar-refractivity contribution is 5.56. The zero-order valence-electron chi connectivity index (χ0n) is 12.1. The first kappa shape index (κ1) is 14.3. The maximum Gasteiger partial charge on any atom is 0.123 e. The zero-order valence-corrected chi connectivity index (χ0v) is 12.1. The van der Waals surface area contributed by atoms with E-state index in [0.29, 0.717) is 12.0 Å². The van der Waals surface area contributed by atoms with Crippen LogP contribution >= 0.6 is 0 Å². The van der Waals surface area contributed by atoms with E-state index in [1.807, 2.05) is 0 Å². The Morgan fingerprint density at radius 1 is 1.21 bits per heavy atom. The van der Waals surface area contributed by atoms with E-state index in [9.17, 15) is 4.79 Å². The summed E-state index contributed by atoms with van der Waals surface area (Å²) in [7, 11) is 0. The summed E-state index contributed by atoms with van der Waals surface area (Å²) in [5.74, 6) is 1.33. The molecule has 1 saturated carbocycles. The van der Waals surface area contributed by atoms with E-state index >= 15 is 0 Å². The van der Waals surface area contributed by atoms with Gasteiger partial charge in [0.15, 0.2) is 0 Å². The normalized spacial score (nSPS) is 24.4. The largest absolute Gasteiger partial charge is 0.303 e. The second kappa shape index (κ2) is 6.85. The number of aldehydes is 1. The summed E-state index contributed by atoms with van der Waals surface area (Å²) in [5, 5.41) is 0. The Labute approximate surface area is 116 Å². The van der Waals surface area contributed by atoms with Crippen molar-refractivity contribution in [2.24, 2.45) is 11.8 Å². The Bertz CT molecular complexity index is 386. The quantitative estimate of drug-likeness (QED) is 0.772. The molecule has 1 aliphatic carbocycles. The van der Waals surface area contributed by atoms with Crippen LogP contribution in [0.5, 0.6) is 0 Å². The fourth-order valence-corrected chi connectivity index (χ4v) is 2.50. The molecule has 1 aliphatic heterocycles. The highest BCUT2D eigenvalue weighted by atomic mass is 16.1.